The van der Waals surface area contributed by atoms with E-state index in [0.29, 0.717) is 73.9 Å². The van der Waals surface area contributed by atoms with E-state index in [4.69, 9.17) is 33.2 Å². The molecule has 11 nitrogen and oxygen atoms in total. The van der Waals surface area contributed by atoms with Gasteiger partial charge in [0, 0.05) is 18.2 Å². The Balaban J connectivity index is 1.48. The summed E-state index contributed by atoms with van der Waals surface area (Å²) in [7, 11) is 1.44. The van der Waals surface area contributed by atoms with Gasteiger partial charge in [0.25, 0.3) is 0 Å². The van der Waals surface area contributed by atoms with E-state index in [0.717, 1.165) is 12.2 Å². The monoisotopic (exact) mass is 646 g/mol. The Hall–Kier alpha value is -5.58. The van der Waals surface area contributed by atoms with Gasteiger partial charge in [0.05, 0.1) is 39.1 Å². The fourth-order valence-electron chi connectivity index (χ4n) is 3.99. The van der Waals surface area contributed by atoms with E-state index in [1.807, 2.05) is 0 Å². The van der Waals surface area contributed by atoms with Crippen LogP contribution >= 0.6 is 0 Å². The van der Waals surface area contributed by atoms with Crippen molar-refractivity contribution >= 4 is 23.9 Å². The molecule has 47 heavy (non-hydrogen) atoms. The van der Waals surface area contributed by atoms with Crippen molar-refractivity contribution in [3.05, 3.63) is 103 Å². The molecule has 0 bridgehead atoms. The molecule has 0 aliphatic rings. The number of carbonyl (C=O) groups excluding carboxylic acids is 4. The average molecular weight is 647 g/mol. The number of unbranched alkanes of at least 4 members (excludes halogenated alkanes) is 2. The van der Waals surface area contributed by atoms with Crippen molar-refractivity contribution in [1.29, 1.82) is 0 Å². The summed E-state index contributed by atoms with van der Waals surface area (Å²) in [5.74, 6) is -0.177. The molecule has 0 unspecified atom stereocenters. The molecule has 248 valence electrons. The number of hydrogen-bond donors (Lipinski definition) is 0. The number of carbonyl (C=O) groups is 4. The maximum absolute atomic E-state index is 12.9. The Morgan fingerprint density at radius 2 is 1.17 bits per heavy atom. The number of methoxy groups -OCH3 is 1. The van der Waals surface area contributed by atoms with Crippen LogP contribution in [0.25, 0.3) is 0 Å². The molecule has 0 amide bonds. The minimum Gasteiger partial charge on any atom is -0.496 e. The van der Waals surface area contributed by atoms with Crippen LogP contribution in [-0.4, -0.2) is 57.4 Å². The summed E-state index contributed by atoms with van der Waals surface area (Å²) in [6.07, 6.45) is 4.86. The maximum Gasteiger partial charge on any atom is 0.347 e. The molecule has 3 rings (SSSR count). The zero-order valence-corrected chi connectivity index (χ0v) is 26.5. The average Bonchev–Trinajstić information content (AvgIpc) is 3.08. The summed E-state index contributed by atoms with van der Waals surface area (Å²) in [6.45, 7) is 9.80. The highest BCUT2D eigenvalue weighted by Gasteiger charge is 2.17. The second-order valence-corrected chi connectivity index (χ2v) is 9.95. The highest BCUT2D eigenvalue weighted by molar-refractivity contribution is 5.94. The molecule has 0 saturated heterocycles. The molecular formula is C36H38O11. The van der Waals surface area contributed by atoms with Gasteiger partial charge in [-0.2, -0.15) is 0 Å². The van der Waals surface area contributed by atoms with Crippen LogP contribution in [0.4, 0.5) is 0 Å². The zero-order valence-electron chi connectivity index (χ0n) is 26.5. The number of hydrogen-bond acceptors (Lipinski definition) is 11. The molecule has 0 radical (unpaired) electrons. The van der Waals surface area contributed by atoms with Crippen molar-refractivity contribution in [2.75, 3.05) is 33.5 Å². The van der Waals surface area contributed by atoms with Gasteiger partial charge in [0.15, 0.2) is 0 Å². The molecule has 3 aromatic carbocycles. The first-order chi connectivity index (χ1) is 22.7. The minimum atomic E-state index is -0.639. The lowest BCUT2D eigenvalue weighted by molar-refractivity contribution is -0.138. The van der Waals surface area contributed by atoms with Crippen molar-refractivity contribution in [2.24, 2.45) is 0 Å². The van der Waals surface area contributed by atoms with Crippen LogP contribution in [0, 0.1) is 6.92 Å². The van der Waals surface area contributed by atoms with E-state index in [1.165, 1.54) is 13.2 Å². The molecule has 3 aromatic rings. The third kappa shape index (κ3) is 12.0. The quantitative estimate of drug-likeness (QED) is 0.0636. The molecule has 0 N–H and O–H groups in total. The van der Waals surface area contributed by atoms with Gasteiger partial charge in [-0.3, -0.25) is 0 Å². The first-order valence-electron chi connectivity index (χ1n) is 14.9. The van der Waals surface area contributed by atoms with Gasteiger partial charge in [-0.1, -0.05) is 13.2 Å². The highest BCUT2D eigenvalue weighted by Crippen LogP contribution is 2.29. The molecule has 0 aromatic heterocycles. The molecule has 0 atom stereocenters. The summed E-state index contributed by atoms with van der Waals surface area (Å²) < 4.78 is 37.7. The molecule has 0 aliphatic heterocycles. The van der Waals surface area contributed by atoms with Crippen LogP contribution in [0.2, 0.25) is 0 Å². The fraction of sp³-hybridized carbons (Fsp3) is 0.278. The van der Waals surface area contributed by atoms with E-state index in [9.17, 15) is 19.2 Å². The molecule has 0 aliphatic carbocycles. The van der Waals surface area contributed by atoms with Gasteiger partial charge >= 0.3 is 23.9 Å². The summed E-state index contributed by atoms with van der Waals surface area (Å²) in [5, 5.41) is 0. The topological polar surface area (TPSA) is 133 Å². The summed E-state index contributed by atoms with van der Waals surface area (Å²) in [4.78, 5) is 47.8. The van der Waals surface area contributed by atoms with E-state index < -0.39 is 23.9 Å². The van der Waals surface area contributed by atoms with Crippen LogP contribution in [-0.2, 0) is 19.1 Å². The second kappa shape index (κ2) is 19.1. The van der Waals surface area contributed by atoms with Gasteiger partial charge in [-0.15, -0.1) is 0 Å². The molecule has 11 heteroatoms. The lowest BCUT2D eigenvalue weighted by atomic mass is 10.2. The zero-order chi connectivity index (χ0) is 34.0. The second-order valence-electron chi connectivity index (χ2n) is 9.95. The van der Waals surface area contributed by atoms with Crippen LogP contribution in [0.15, 0.2) is 86.0 Å². The molecule has 0 saturated carbocycles. The number of aryl methyl sites for hydroxylation is 1. The van der Waals surface area contributed by atoms with Gasteiger partial charge in [-0.05, 0) is 92.8 Å². The number of ether oxygens (including phenoxy) is 7. The first kappa shape index (κ1) is 35.9. The van der Waals surface area contributed by atoms with Crippen molar-refractivity contribution in [1.82, 2.24) is 0 Å². The van der Waals surface area contributed by atoms with Crippen LogP contribution in [0.1, 0.15) is 52.0 Å². The maximum atomic E-state index is 12.9. The number of rotatable bonds is 19. The fourth-order valence-corrected chi connectivity index (χ4v) is 3.99. The Labute approximate surface area is 273 Å². The predicted octanol–water partition coefficient (Wildman–Crippen LogP) is 6.22. The molecule has 0 fully saturated rings. The standard InChI is InChI=1S/C36H38O11/c1-5-33(37)44-21-9-7-19-42-27-13-11-26(12-14-27)35(39)47-31-18-16-29(23-25(31)3)46-36(40)30-17-15-28(24-32(30)41-4)43-20-8-10-22-45-34(38)6-2/h5-6,11-18,23-24H,1-2,7-10,19-22H2,3-4H3. The number of benzene rings is 3. The Morgan fingerprint density at radius 1 is 0.617 bits per heavy atom. The first-order valence-corrected chi connectivity index (χ1v) is 14.9. The predicted molar refractivity (Wildman–Crippen MR) is 172 cm³/mol. The Morgan fingerprint density at radius 3 is 1.74 bits per heavy atom. The molecular weight excluding hydrogens is 608 g/mol. The minimum absolute atomic E-state index is 0.200. The van der Waals surface area contributed by atoms with Crippen LogP contribution < -0.4 is 23.7 Å². The van der Waals surface area contributed by atoms with E-state index >= 15 is 0 Å². The number of esters is 4. The molecule has 0 heterocycles. The largest absolute Gasteiger partial charge is 0.496 e. The van der Waals surface area contributed by atoms with Crippen molar-refractivity contribution in [3.8, 4) is 28.7 Å². The van der Waals surface area contributed by atoms with E-state index in [1.54, 1.807) is 61.5 Å². The van der Waals surface area contributed by atoms with Crippen LogP contribution in [0.3, 0.4) is 0 Å². The van der Waals surface area contributed by atoms with Crippen molar-refractivity contribution in [3.63, 3.8) is 0 Å². The Kier molecular flexibility index (Phi) is 14.5. The summed E-state index contributed by atoms with van der Waals surface area (Å²) in [6, 6.07) is 16.0. The van der Waals surface area contributed by atoms with Gasteiger partial charge in [-0.25, -0.2) is 19.2 Å². The van der Waals surface area contributed by atoms with E-state index in [-0.39, 0.29) is 23.7 Å². The summed E-state index contributed by atoms with van der Waals surface area (Å²) >= 11 is 0. The lowest BCUT2D eigenvalue weighted by Gasteiger charge is -2.13. The highest BCUT2D eigenvalue weighted by atomic mass is 16.5. The Bertz CT molecular complexity index is 1540. The SMILES string of the molecule is C=CC(=O)OCCCCOc1ccc(C(=O)Oc2ccc(OC(=O)c3ccc(OCCCCOC(=O)C=C)cc3OC)cc2C)cc1. The molecule has 0 spiro atoms. The van der Waals surface area contributed by atoms with Gasteiger partial charge < -0.3 is 33.2 Å². The van der Waals surface area contributed by atoms with Gasteiger partial charge in [0.2, 0.25) is 0 Å². The van der Waals surface area contributed by atoms with Gasteiger partial charge in [0.1, 0.15) is 34.3 Å². The third-order valence-electron chi connectivity index (χ3n) is 6.48. The van der Waals surface area contributed by atoms with Crippen molar-refractivity contribution < 1.29 is 52.3 Å². The smallest absolute Gasteiger partial charge is 0.347 e. The lowest BCUT2D eigenvalue weighted by Crippen LogP contribution is -2.12. The van der Waals surface area contributed by atoms with Crippen LogP contribution in [0.5, 0.6) is 28.7 Å². The third-order valence-corrected chi connectivity index (χ3v) is 6.48. The van der Waals surface area contributed by atoms with Crippen molar-refractivity contribution in [2.45, 2.75) is 32.6 Å². The summed E-state index contributed by atoms with van der Waals surface area (Å²) in [5.41, 5.74) is 1.11. The normalized spacial score (nSPS) is 10.3. The van der Waals surface area contributed by atoms with E-state index in [2.05, 4.69) is 13.2 Å².